The number of hydrogen-bond donors (Lipinski definition) is 1. The van der Waals surface area contributed by atoms with E-state index in [1.165, 1.54) is 6.33 Å². The molecule has 0 atom stereocenters. The van der Waals surface area contributed by atoms with Gasteiger partial charge in [-0.05, 0) is 13.8 Å². The Labute approximate surface area is 79.2 Å². The smallest absolute Gasteiger partial charge is 0.376 e. The lowest BCUT2D eigenvalue weighted by molar-refractivity contribution is -0.166. The summed E-state index contributed by atoms with van der Waals surface area (Å²) in [5, 5.41) is 8.22. The van der Waals surface area contributed by atoms with Crippen molar-refractivity contribution in [1.82, 2.24) is 9.55 Å². The van der Waals surface area contributed by atoms with Crippen LogP contribution in [0.3, 0.4) is 0 Å². The summed E-state index contributed by atoms with van der Waals surface area (Å²) in [5.41, 5.74) is 1.16. The lowest BCUT2D eigenvalue weighted by Crippen LogP contribution is -2.33. The number of hydrogen-bond acceptors (Lipinski definition) is 2. The first kappa shape index (κ1) is 10.6. The maximum Gasteiger partial charge on any atom is 0.376 e. The van der Waals surface area contributed by atoms with E-state index in [9.17, 15) is 13.6 Å². The van der Waals surface area contributed by atoms with Crippen LogP contribution in [-0.2, 0) is 11.3 Å². The molecule has 14 heavy (non-hydrogen) atoms. The van der Waals surface area contributed by atoms with Gasteiger partial charge in [-0.3, -0.25) is 0 Å². The van der Waals surface area contributed by atoms with Crippen LogP contribution in [0.1, 0.15) is 11.4 Å². The molecule has 6 heteroatoms. The summed E-state index contributed by atoms with van der Waals surface area (Å²) in [6.45, 7) is 2.40. The summed E-state index contributed by atoms with van der Waals surface area (Å²) in [4.78, 5) is 14.0. The van der Waals surface area contributed by atoms with Crippen LogP contribution in [0.4, 0.5) is 8.78 Å². The number of aromatic nitrogens is 2. The highest BCUT2D eigenvalue weighted by Gasteiger charge is 2.39. The lowest BCUT2D eigenvalue weighted by atomic mass is 10.3. The normalized spacial score (nSPS) is 11.7. The Bertz CT molecular complexity index is 360. The molecule has 1 rings (SSSR count). The fraction of sp³-hybridized carbons (Fsp3) is 0.500. The van der Waals surface area contributed by atoms with Crippen molar-refractivity contribution >= 4 is 5.97 Å². The van der Waals surface area contributed by atoms with Gasteiger partial charge in [0.15, 0.2) is 0 Å². The van der Waals surface area contributed by atoms with Crippen molar-refractivity contribution in [3.8, 4) is 0 Å². The van der Waals surface area contributed by atoms with Crippen molar-refractivity contribution < 1.29 is 18.7 Å². The summed E-state index contributed by atoms with van der Waals surface area (Å²) in [7, 11) is 0. The van der Waals surface area contributed by atoms with E-state index in [1.807, 2.05) is 0 Å². The molecule has 0 unspecified atom stereocenters. The van der Waals surface area contributed by atoms with E-state index >= 15 is 0 Å². The second-order valence-electron chi connectivity index (χ2n) is 3.05. The van der Waals surface area contributed by atoms with Crippen molar-refractivity contribution in [3.05, 3.63) is 17.7 Å². The van der Waals surface area contributed by atoms with E-state index in [0.29, 0.717) is 11.4 Å². The molecule has 0 aromatic carbocycles. The Morgan fingerprint density at radius 3 is 2.57 bits per heavy atom. The van der Waals surface area contributed by atoms with E-state index in [1.54, 1.807) is 13.8 Å². The topological polar surface area (TPSA) is 55.1 Å². The highest BCUT2D eigenvalue weighted by molar-refractivity contribution is 5.75. The van der Waals surface area contributed by atoms with Gasteiger partial charge in [-0.15, -0.1) is 0 Å². The van der Waals surface area contributed by atoms with Crippen molar-refractivity contribution in [2.75, 3.05) is 0 Å². The van der Waals surface area contributed by atoms with Gasteiger partial charge in [0.1, 0.15) is 0 Å². The molecule has 78 valence electrons. The molecule has 0 amide bonds. The van der Waals surface area contributed by atoms with Crippen LogP contribution in [-0.4, -0.2) is 26.5 Å². The second kappa shape index (κ2) is 3.36. The number of halogens is 2. The molecule has 1 N–H and O–H groups in total. The quantitative estimate of drug-likeness (QED) is 0.805. The first-order valence-electron chi connectivity index (χ1n) is 3.94. The Hall–Kier alpha value is -1.46. The van der Waals surface area contributed by atoms with Gasteiger partial charge in [-0.1, -0.05) is 0 Å². The number of carboxylic acids is 1. The number of nitrogens with zero attached hydrogens (tertiary/aromatic N) is 2. The molecule has 0 radical (unpaired) electrons. The second-order valence-corrected chi connectivity index (χ2v) is 3.05. The molecule has 4 nitrogen and oxygen atoms in total. The van der Waals surface area contributed by atoms with E-state index in [-0.39, 0.29) is 0 Å². The number of carbonyl (C=O) groups is 1. The summed E-state index contributed by atoms with van der Waals surface area (Å²) in [6, 6.07) is 0. The zero-order chi connectivity index (χ0) is 10.9. The van der Waals surface area contributed by atoms with Gasteiger partial charge in [0.05, 0.1) is 18.6 Å². The zero-order valence-electron chi connectivity index (χ0n) is 7.79. The molecule has 0 bridgehead atoms. The van der Waals surface area contributed by atoms with E-state index in [0.717, 1.165) is 4.57 Å². The molecule has 0 fully saturated rings. The number of aryl methyl sites for hydroxylation is 1. The maximum absolute atomic E-state index is 12.8. The van der Waals surface area contributed by atoms with Crippen LogP contribution < -0.4 is 0 Å². The third kappa shape index (κ3) is 1.89. The first-order chi connectivity index (χ1) is 6.34. The monoisotopic (exact) mass is 204 g/mol. The first-order valence-corrected chi connectivity index (χ1v) is 3.94. The SMILES string of the molecule is Cc1ncn(CC(F)(F)C(=O)O)c1C. The van der Waals surface area contributed by atoms with Crippen molar-refractivity contribution in [1.29, 1.82) is 0 Å². The highest BCUT2D eigenvalue weighted by Crippen LogP contribution is 2.18. The average molecular weight is 204 g/mol. The number of carboxylic acid groups (broad SMARTS) is 1. The van der Waals surface area contributed by atoms with Crippen LogP contribution in [0.15, 0.2) is 6.33 Å². The molecule has 0 saturated carbocycles. The highest BCUT2D eigenvalue weighted by atomic mass is 19.3. The zero-order valence-corrected chi connectivity index (χ0v) is 7.79. The Morgan fingerprint density at radius 1 is 1.64 bits per heavy atom. The van der Waals surface area contributed by atoms with Gasteiger partial charge in [0, 0.05) is 5.69 Å². The predicted molar refractivity (Wildman–Crippen MR) is 44.3 cm³/mol. The van der Waals surface area contributed by atoms with E-state index in [2.05, 4.69) is 4.98 Å². The molecule has 1 aromatic rings. The fourth-order valence-corrected chi connectivity index (χ4v) is 0.985. The molecule has 1 aromatic heterocycles. The van der Waals surface area contributed by atoms with E-state index in [4.69, 9.17) is 5.11 Å². The number of imidazole rings is 1. The Kier molecular flexibility index (Phi) is 2.55. The fourth-order valence-electron chi connectivity index (χ4n) is 0.985. The number of alkyl halides is 2. The molecule has 0 saturated heterocycles. The van der Waals surface area contributed by atoms with Gasteiger partial charge in [-0.25, -0.2) is 9.78 Å². The summed E-state index contributed by atoms with van der Waals surface area (Å²) in [5.74, 6) is -5.87. The summed E-state index contributed by atoms with van der Waals surface area (Å²) in [6.07, 6.45) is 1.21. The molecular formula is C8H10F2N2O2. The Morgan fingerprint density at radius 2 is 2.21 bits per heavy atom. The van der Waals surface area contributed by atoms with E-state index < -0.39 is 18.4 Å². The third-order valence-corrected chi connectivity index (χ3v) is 2.03. The van der Waals surface area contributed by atoms with Crippen LogP contribution in [0.25, 0.3) is 0 Å². The van der Waals surface area contributed by atoms with Gasteiger partial charge in [0.25, 0.3) is 0 Å². The van der Waals surface area contributed by atoms with Crippen molar-refractivity contribution in [2.24, 2.45) is 0 Å². The van der Waals surface area contributed by atoms with Crippen molar-refractivity contribution in [3.63, 3.8) is 0 Å². The summed E-state index contributed by atoms with van der Waals surface area (Å²) < 4.78 is 26.7. The standard InChI is InChI=1S/C8H10F2N2O2/c1-5-6(2)12(4-11-5)3-8(9,10)7(13)14/h4H,3H2,1-2H3,(H,13,14). The van der Waals surface area contributed by atoms with Gasteiger partial charge >= 0.3 is 11.9 Å². The minimum atomic E-state index is -3.75. The number of rotatable bonds is 3. The maximum atomic E-state index is 12.8. The van der Waals surface area contributed by atoms with Crippen molar-refractivity contribution in [2.45, 2.75) is 26.3 Å². The Balaban J connectivity index is 2.89. The minimum absolute atomic E-state index is 0.547. The predicted octanol–water partition coefficient (Wildman–Crippen LogP) is 1.22. The van der Waals surface area contributed by atoms with Crippen LogP contribution in [0, 0.1) is 13.8 Å². The van der Waals surface area contributed by atoms with Gasteiger partial charge in [-0.2, -0.15) is 8.78 Å². The lowest BCUT2D eigenvalue weighted by Gasteiger charge is -2.12. The largest absolute Gasteiger partial charge is 0.477 e. The molecule has 0 aliphatic rings. The average Bonchev–Trinajstić information content (AvgIpc) is 2.35. The minimum Gasteiger partial charge on any atom is -0.477 e. The van der Waals surface area contributed by atoms with Crippen LogP contribution in [0.5, 0.6) is 0 Å². The molecule has 0 spiro atoms. The van der Waals surface area contributed by atoms with Gasteiger partial charge in [0.2, 0.25) is 0 Å². The summed E-state index contributed by atoms with van der Waals surface area (Å²) >= 11 is 0. The molecule has 0 aliphatic carbocycles. The molecular weight excluding hydrogens is 194 g/mol. The van der Waals surface area contributed by atoms with Gasteiger partial charge < -0.3 is 9.67 Å². The van der Waals surface area contributed by atoms with Crippen LogP contribution >= 0.6 is 0 Å². The van der Waals surface area contributed by atoms with Crippen LogP contribution in [0.2, 0.25) is 0 Å². The third-order valence-electron chi connectivity index (χ3n) is 2.03. The number of aliphatic carboxylic acids is 1. The molecule has 1 heterocycles. The molecule has 0 aliphatic heterocycles.